The number of halogens is 1. The maximum Gasteiger partial charge on any atom is 0.255 e. The molecular weight excluding hydrogens is 436 g/mol. The number of carbonyl (C=O) groups is 2. The minimum Gasteiger partial charge on any atom is -0.492 e. The van der Waals surface area contributed by atoms with Gasteiger partial charge in [0, 0.05) is 16.8 Å². The summed E-state index contributed by atoms with van der Waals surface area (Å²) < 4.78 is 11.5. The van der Waals surface area contributed by atoms with Crippen molar-refractivity contribution in [2.45, 2.75) is 19.9 Å². The highest BCUT2D eigenvalue weighted by Crippen LogP contribution is 2.26. The molecule has 0 aliphatic carbocycles. The Bertz CT molecular complexity index is 986. The van der Waals surface area contributed by atoms with E-state index in [9.17, 15) is 9.59 Å². The zero-order chi connectivity index (χ0) is 20.6. The summed E-state index contributed by atoms with van der Waals surface area (Å²) in [5, 5.41) is 5.59. The molecule has 6 nitrogen and oxygen atoms in total. The third-order valence-electron chi connectivity index (χ3n) is 4.04. The molecule has 0 aliphatic rings. The highest BCUT2D eigenvalue weighted by Gasteiger charge is 2.12. The summed E-state index contributed by atoms with van der Waals surface area (Å²) in [6.07, 6.45) is 2.46. The normalized spacial score (nSPS) is 10.4. The van der Waals surface area contributed by atoms with Crippen molar-refractivity contribution in [3.63, 3.8) is 0 Å². The molecule has 0 saturated heterocycles. The van der Waals surface area contributed by atoms with Crippen LogP contribution in [0.5, 0.6) is 5.75 Å². The molecule has 0 aliphatic heterocycles. The average Bonchev–Trinajstić information content (AvgIpc) is 3.25. The number of benzene rings is 2. The average molecular weight is 457 g/mol. The molecule has 3 aromatic rings. The zero-order valence-electron chi connectivity index (χ0n) is 15.9. The van der Waals surface area contributed by atoms with Crippen LogP contribution in [-0.2, 0) is 6.54 Å². The smallest absolute Gasteiger partial charge is 0.255 e. The lowest BCUT2D eigenvalue weighted by Gasteiger charge is -2.10. The molecule has 2 N–H and O–H groups in total. The summed E-state index contributed by atoms with van der Waals surface area (Å²) >= 11 is 3.43. The van der Waals surface area contributed by atoms with Crippen molar-refractivity contribution in [2.24, 2.45) is 0 Å². The Morgan fingerprint density at radius 3 is 2.59 bits per heavy atom. The van der Waals surface area contributed by atoms with Gasteiger partial charge in [0.05, 0.1) is 23.9 Å². The molecule has 0 atom stereocenters. The van der Waals surface area contributed by atoms with Gasteiger partial charge in [-0.2, -0.15) is 0 Å². The minimum atomic E-state index is -0.277. The van der Waals surface area contributed by atoms with Crippen LogP contribution in [-0.4, -0.2) is 18.4 Å². The Labute approximate surface area is 177 Å². The fourth-order valence-corrected chi connectivity index (χ4v) is 3.09. The van der Waals surface area contributed by atoms with Gasteiger partial charge in [-0.1, -0.05) is 13.0 Å². The Balaban J connectivity index is 1.64. The van der Waals surface area contributed by atoms with Gasteiger partial charge >= 0.3 is 0 Å². The molecule has 0 unspecified atom stereocenters. The van der Waals surface area contributed by atoms with E-state index in [1.165, 1.54) is 0 Å². The molecule has 7 heteroatoms. The first-order valence-electron chi connectivity index (χ1n) is 9.21. The number of anilines is 1. The number of amides is 2. The van der Waals surface area contributed by atoms with Crippen LogP contribution in [0.15, 0.2) is 69.8 Å². The molecule has 29 heavy (non-hydrogen) atoms. The third kappa shape index (κ3) is 5.71. The van der Waals surface area contributed by atoms with Gasteiger partial charge in [0.15, 0.2) is 0 Å². The molecule has 0 saturated carbocycles. The summed E-state index contributed by atoms with van der Waals surface area (Å²) in [7, 11) is 0. The summed E-state index contributed by atoms with van der Waals surface area (Å²) in [5.41, 5.74) is 1.45. The predicted molar refractivity (Wildman–Crippen MR) is 114 cm³/mol. The first-order chi connectivity index (χ1) is 14.1. The van der Waals surface area contributed by atoms with E-state index < -0.39 is 0 Å². The van der Waals surface area contributed by atoms with Gasteiger partial charge < -0.3 is 19.8 Å². The van der Waals surface area contributed by atoms with Crippen LogP contribution in [0.2, 0.25) is 0 Å². The molecule has 150 valence electrons. The highest BCUT2D eigenvalue weighted by molar-refractivity contribution is 9.10. The van der Waals surface area contributed by atoms with Gasteiger partial charge in [0.25, 0.3) is 11.8 Å². The second kappa shape index (κ2) is 9.93. The lowest BCUT2D eigenvalue weighted by atomic mass is 10.1. The Morgan fingerprint density at radius 2 is 1.86 bits per heavy atom. The zero-order valence-corrected chi connectivity index (χ0v) is 17.5. The molecule has 3 rings (SSSR count). The monoisotopic (exact) mass is 456 g/mol. The minimum absolute atomic E-state index is 0.252. The quantitative estimate of drug-likeness (QED) is 0.498. The lowest BCUT2D eigenvalue weighted by Crippen LogP contribution is -2.22. The van der Waals surface area contributed by atoms with Gasteiger partial charge in [-0.15, -0.1) is 0 Å². The molecule has 0 fully saturated rings. The number of ether oxygens (including phenoxy) is 1. The van der Waals surface area contributed by atoms with E-state index in [2.05, 4.69) is 26.6 Å². The summed E-state index contributed by atoms with van der Waals surface area (Å²) in [6.45, 7) is 2.93. The summed E-state index contributed by atoms with van der Waals surface area (Å²) in [6, 6.07) is 15.5. The van der Waals surface area contributed by atoms with Crippen molar-refractivity contribution in [1.29, 1.82) is 0 Å². The van der Waals surface area contributed by atoms with Gasteiger partial charge in [-0.3, -0.25) is 9.59 Å². The molecule has 1 aromatic heterocycles. The van der Waals surface area contributed by atoms with Crippen molar-refractivity contribution in [3.8, 4) is 5.75 Å². The standard InChI is InChI=1S/C22H21BrN2O4/c1-2-10-29-20-9-8-16(13-19(20)23)22(27)25-17-6-3-5-15(12-17)21(26)24-14-18-7-4-11-28-18/h3-9,11-13H,2,10,14H2,1H3,(H,24,26)(H,25,27). The second-order valence-electron chi connectivity index (χ2n) is 6.29. The highest BCUT2D eigenvalue weighted by atomic mass is 79.9. The Hall–Kier alpha value is -3.06. The number of rotatable bonds is 8. The molecule has 0 spiro atoms. The van der Waals surface area contributed by atoms with E-state index in [1.54, 1.807) is 60.9 Å². The van der Waals surface area contributed by atoms with E-state index in [4.69, 9.17) is 9.15 Å². The van der Waals surface area contributed by atoms with Crippen molar-refractivity contribution in [2.75, 3.05) is 11.9 Å². The molecule has 2 aromatic carbocycles. The van der Waals surface area contributed by atoms with Crippen molar-refractivity contribution < 1.29 is 18.7 Å². The molecular formula is C22H21BrN2O4. The topological polar surface area (TPSA) is 80.6 Å². The van der Waals surface area contributed by atoms with Crippen LogP contribution in [0, 0.1) is 0 Å². The number of carbonyl (C=O) groups excluding carboxylic acids is 2. The number of hydrogen-bond donors (Lipinski definition) is 2. The van der Waals surface area contributed by atoms with Crippen molar-refractivity contribution in [3.05, 3.63) is 82.2 Å². The van der Waals surface area contributed by atoms with Gasteiger partial charge in [-0.25, -0.2) is 0 Å². The summed E-state index contributed by atoms with van der Waals surface area (Å²) in [4.78, 5) is 24.9. The number of nitrogens with one attached hydrogen (secondary N) is 2. The largest absolute Gasteiger partial charge is 0.492 e. The van der Waals surface area contributed by atoms with Crippen LogP contribution in [0.25, 0.3) is 0 Å². The fourth-order valence-electron chi connectivity index (χ4n) is 2.60. The van der Waals surface area contributed by atoms with E-state index in [0.717, 1.165) is 6.42 Å². The first-order valence-corrected chi connectivity index (χ1v) is 10.0. The Morgan fingerprint density at radius 1 is 1.03 bits per heavy atom. The number of furan rings is 1. The first kappa shape index (κ1) is 20.7. The van der Waals surface area contributed by atoms with E-state index in [0.29, 0.717) is 45.9 Å². The van der Waals surface area contributed by atoms with Crippen molar-refractivity contribution in [1.82, 2.24) is 5.32 Å². The van der Waals surface area contributed by atoms with Gasteiger partial charge in [0.1, 0.15) is 11.5 Å². The lowest BCUT2D eigenvalue weighted by molar-refractivity contribution is 0.0946. The number of hydrogen-bond acceptors (Lipinski definition) is 4. The Kier molecular flexibility index (Phi) is 7.08. The van der Waals surface area contributed by atoms with Gasteiger partial charge in [0.2, 0.25) is 0 Å². The van der Waals surface area contributed by atoms with Crippen LogP contribution >= 0.6 is 15.9 Å². The van der Waals surface area contributed by atoms with Crippen LogP contribution in [0.4, 0.5) is 5.69 Å². The fraction of sp³-hybridized carbons (Fsp3) is 0.182. The van der Waals surface area contributed by atoms with Crippen LogP contribution in [0.1, 0.15) is 39.8 Å². The van der Waals surface area contributed by atoms with E-state index in [1.807, 2.05) is 6.92 Å². The van der Waals surface area contributed by atoms with E-state index >= 15 is 0 Å². The SMILES string of the molecule is CCCOc1ccc(C(=O)Nc2cccc(C(=O)NCc3ccco3)c2)cc1Br. The second-order valence-corrected chi connectivity index (χ2v) is 7.14. The predicted octanol–water partition coefficient (Wildman–Crippen LogP) is 5.01. The van der Waals surface area contributed by atoms with Crippen LogP contribution < -0.4 is 15.4 Å². The molecule has 2 amide bonds. The maximum absolute atomic E-state index is 12.6. The molecule has 0 radical (unpaired) electrons. The van der Waals surface area contributed by atoms with Crippen LogP contribution in [0.3, 0.4) is 0 Å². The summed E-state index contributed by atoms with van der Waals surface area (Å²) in [5.74, 6) is 0.830. The third-order valence-corrected chi connectivity index (χ3v) is 4.66. The van der Waals surface area contributed by atoms with Crippen molar-refractivity contribution >= 4 is 33.4 Å². The van der Waals surface area contributed by atoms with E-state index in [-0.39, 0.29) is 11.8 Å². The maximum atomic E-state index is 12.6. The van der Waals surface area contributed by atoms with Gasteiger partial charge in [-0.05, 0) is 70.9 Å². The molecule has 1 heterocycles. The molecule has 0 bridgehead atoms.